The van der Waals surface area contributed by atoms with Crippen LogP contribution >= 0.6 is 0 Å². The molecule has 3 rings (SSSR count). The highest BCUT2D eigenvalue weighted by molar-refractivity contribution is 5.92. The van der Waals surface area contributed by atoms with E-state index in [-0.39, 0.29) is 37.1 Å². The van der Waals surface area contributed by atoms with Gasteiger partial charge in [-0.3, -0.25) is 9.78 Å². The predicted octanol–water partition coefficient (Wildman–Crippen LogP) is 0.716. The van der Waals surface area contributed by atoms with Crippen molar-refractivity contribution in [1.82, 2.24) is 14.9 Å². The third-order valence-corrected chi connectivity index (χ3v) is 3.89. The van der Waals surface area contributed by atoms with Crippen molar-refractivity contribution in [2.24, 2.45) is 0 Å². The molecule has 2 saturated heterocycles. The van der Waals surface area contributed by atoms with E-state index in [2.05, 4.69) is 9.97 Å². The van der Waals surface area contributed by atoms with E-state index in [1.165, 1.54) is 17.3 Å². The first-order valence-electron chi connectivity index (χ1n) is 7.57. The molecule has 3 heterocycles. The number of ether oxygens (including phenoxy) is 2. The van der Waals surface area contributed by atoms with Gasteiger partial charge in [0.1, 0.15) is 11.5 Å². The number of morpholine rings is 2. The highest BCUT2D eigenvalue weighted by Crippen LogP contribution is 2.27. The van der Waals surface area contributed by atoms with Crippen LogP contribution in [-0.2, 0) is 9.47 Å². The van der Waals surface area contributed by atoms with Crippen molar-refractivity contribution < 1.29 is 27.4 Å². The Bertz CT molecular complexity index is 593. The highest BCUT2D eigenvalue weighted by Gasteiger charge is 2.43. The molecule has 10 heteroatoms. The van der Waals surface area contributed by atoms with Gasteiger partial charge in [0, 0.05) is 19.6 Å². The fourth-order valence-corrected chi connectivity index (χ4v) is 2.59. The first-order chi connectivity index (χ1) is 11.4. The molecule has 0 saturated carbocycles. The molecule has 0 spiro atoms. The van der Waals surface area contributed by atoms with Crippen molar-refractivity contribution in [3.8, 4) is 0 Å². The number of nitrogens with zero attached hydrogens (tertiary/aromatic N) is 4. The monoisotopic (exact) mass is 346 g/mol. The van der Waals surface area contributed by atoms with E-state index in [0.717, 1.165) is 0 Å². The molecular weight excluding hydrogens is 329 g/mol. The zero-order chi connectivity index (χ0) is 17.2. The third kappa shape index (κ3) is 3.75. The molecular formula is C14H17F3N4O3. The average Bonchev–Trinajstić information content (AvgIpc) is 2.61. The minimum absolute atomic E-state index is 0.0620. The summed E-state index contributed by atoms with van der Waals surface area (Å²) < 4.78 is 48.4. The van der Waals surface area contributed by atoms with Crippen molar-refractivity contribution in [3.05, 3.63) is 18.1 Å². The molecule has 0 aliphatic carbocycles. The molecule has 1 amide bonds. The van der Waals surface area contributed by atoms with Gasteiger partial charge in [-0.1, -0.05) is 0 Å². The number of anilines is 1. The number of hydrogen-bond donors (Lipinski definition) is 0. The van der Waals surface area contributed by atoms with Gasteiger partial charge in [-0.2, -0.15) is 13.2 Å². The lowest BCUT2D eigenvalue weighted by Gasteiger charge is -2.34. The van der Waals surface area contributed by atoms with Crippen LogP contribution < -0.4 is 4.90 Å². The number of hydrogen-bond acceptors (Lipinski definition) is 6. The molecule has 0 bridgehead atoms. The van der Waals surface area contributed by atoms with E-state index in [1.54, 1.807) is 4.90 Å². The lowest BCUT2D eigenvalue weighted by molar-refractivity contribution is -0.221. The molecule has 2 fully saturated rings. The second-order valence-electron chi connectivity index (χ2n) is 5.51. The Hall–Kier alpha value is -1.94. The summed E-state index contributed by atoms with van der Waals surface area (Å²) in [5.74, 6) is -0.0556. The Labute approximate surface area is 136 Å². The third-order valence-electron chi connectivity index (χ3n) is 3.89. The van der Waals surface area contributed by atoms with Gasteiger partial charge in [-0.05, 0) is 0 Å². The van der Waals surface area contributed by atoms with Gasteiger partial charge in [0.2, 0.25) is 0 Å². The van der Waals surface area contributed by atoms with Crippen LogP contribution in [0.5, 0.6) is 0 Å². The van der Waals surface area contributed by atoms with Crippen LogP contribution in [0.4, 0.5) is 19.0 Å². The Balaban J connectivity index is 1.74. The molecule has 1 aromatic rings. The fraction of sp³-hybridized carbons (Fsp3) is 0.643. The van der Waals surface area contributed by atoms with Crippen molar-refractivity contribution in [2.45, 2.75) is 12.3 Å². The zero-order valence-corrected chi connectivity index (χ0v) is 12.8. The lowest BCUT2D eigenvalue weighted by Crippen LogP contribution is -2.49. The van der Waals surface area contributed by atoms with Crippen molar-refractivity contribution >= 4 is 11.7 Å². The summed E-state index contributed by atoms with van der Waals surface area (Å²) in [6, 6.07) is 0. The topological polar surface area (TPSA) is 67.8 Å². The number of carbonyl (C=O) groups is 1. The molecule has 1 aromatic heterocycles. The van der Waals surface area contributed by atoms with Crippen LogP contribution in [-0.4, -0.2) is 79.1 Å². The molecule has 0 radical (unpaired) electrons. The summed E-state index contributed by atoms with van der Waals surface area (Å²) in [4.78, 5) is 23.6. The van der Waals surface area contributed by atoms with Gasteiger partial charge in [0.05, 0.1) is 38.8 Å². The summed E-state index contributed by atoms with van der Waals surface area (Å²) in [6.45, 7) is 1.65. The maximum atomic E-state index is 12.8. The van der Waals surface area contributed by atoms with E-state index in [0.29, 0.717) is 26.3 Å². The standard InChI is InChI=1S/C14H17F3N4O3/c15-14(16,17)11-9-21(3-6-24-11)12-8-18-7-10(19-12)13(22)20-1-4-23-5-2-20/h7-8,11H,1-6,9H2/t11-/m1/s1. The smallest absolute Gasteiger partial charge is 0.378 e. The fourth-order valence-electron chi connectivity index (χ4n) is 2.59. The summed E-state index contributed by atoms with van der Waals surface area (Å²) in [6.07, 6.45) is -3.63. The van der Waals surface area contributed by atoms with Crippen LogP contribution in [0.2, 0.25) is 0 Å². The van der Waals surface area contributed by atoms with Crippen LogP contribution in [0.15, 0.2) is 12.4 Å². The zero-order valence-electron chi connectivity index (χ0n) is 12.8. The molecule has 1 atom stereocenters. The SMILES string of the molecule is O=C(c1cncc(N2CCO[C@@H](C(F)(F)F)C2)n1)N1CCOCC1. The highest BCUT2D eigenvalue weighted by atomic mass is 19.4. The van der Waals surface area contributed by atoms with E-state index < -0.39 is 12.3 Å². The molecule has 2 aliphatic heterocycles. The Morgan fingerprint density at radius 3 is 2.62 bits per heavy atom. The van der Waals surface area contributed by atoms with E-state index in [9.17, 15) is 18.0 Å². The van der Waals surface area contributed by atoms with Crippen LogP contribution in [0.25, 0.3) is 0 Å². The van der Waals surface area contributed by atoms with Gasteiger partial charge in [0.25, 0.3) is 5.91 Å². The normalized spacial score (nSPS) is 22.5. The Morgan fingerprint density at radius 1 is 1.17 bits per heavy atom. The molecule has 7 nitrogen and oxygen atoms in total. The minimum Gasteiger partial charge on any atom is -0.378 e. The van der Waals surface area contributed by atoms with Gasteiger partial charge < -0.3 is 19.3 Å². The van der Waals surface area contributed by atoms with Crippen LogP contribution in [0.1, 0.15) is 10.5 Å². The predicted molar refractivity (Wildman–Crippen MR) is 76.8 cm³/mol. The molecule has 2 aliphatic rings. The van der Waals surface area contributed by atoms with Gasteiger partial charge >= 0.3 is 6.18 Å². The Morgan fingerprint density at radius 2 is 1.92 bits per heavy atom. The maximum absolute atomic E-state index is 12.8. The average molecular weight is 346 g/mol. The number of carbonyl (C=O) groups excluding carboxylic acids is 1. The van der Waals surface area contributed by atoms with Gasteiger partial charge in [0.15, 0.2) is 6.10 Å². The molecule has 0 aromatic carbocycles. The van der Waals surface area contributed by atoms with Crippen molar-refractivity contribution in [3.63, 3.8) is 0 Å². The summed E-state index contributed by atoms with van der Waals surface area (Å²) >= 11 is 0. The molecule has 24 heavy (non-hydrogen) atoms. The van der Waals surface area contributed by atoms with E-state index in [1.807, 2.05) is 0 Å². The lowest BCUT2D eigenvalue weighted by atomic mass is 10.2. The quantitative estimate of drug-likeness (QED) is 0.786. The first kappa shape index (κ1) is 16.9. The summed E-state index contributed by atoms with van der Waals surface area (Å²) in [5, 5.41) is 0. The summed E-state index contributed by atoms with van der Waals surface area (Å²) in [7, 11) is 0. The first-order valence-corrected chi connectivity index (χ1v) is 7.57. The van der Waals surface area contributed by atoms with E-state index >= 15 is 0 Å². The van der Waals surface area contributed by atoms with Crippen molar-refractivity contribution in [1.29, 1.82) is 0 Å². The Kier molecular flexibility index (Phi) is 4.86. The number of aromatic nitrogens is 2. The number of alkyl halides is 3. The molecule has 132 valence electrons. The molecule has 0 N–H and O–H groups in total. The van der Waals surface area contributed by atoms with Crippen LogP contribution in [0.3, 0.4) is 0 Å². The summed E-state index contributed by atoms with van der Waals surface area (Å²) in [5.41, 5.74) is 0.115. The van der Waals surface area contributed by atoms with E-state index in [4.69, 9.17) is 9.47 Å². The van der Waals surface area contributed by atoms with Gasteiger partial charge in [-0.15, -0.1) is 0 Å². The van der Waals surface area contributed by atoms with Crippen molar-refractivity contribution in [2.75, 3.05) is 50.9 Å². The second kappa shape index (κ2) is 6.89. The van der Waals surface area contributed by atoms with Gasteiger partial charge in [-0.25, -0.2) is 4.98 Å². The number of halogens is 3. The maximum Gasteiger partial charge on any atom is 0.416 e. The number of amides is 1. The van der Waals surface area contributed by atoms with Crippen LogP contribution in [0, 0.1) is 0 Å². The number of rotatable bonds is 2. The minimum atomic E-state index is -4.44. The largest absolute Gasteiger partial charge is 0.416 e. The molecule has 0 unspecified atom stereocenters. The second-order valence-corrected chi connectivity index (χ2v) is 5.51.